The fraction of sp³-hybridized carbons (Fsp3) is 0.308. The molecule has 1 aliphatic rings. The Hall–Kier alpha value is -1.33. The summed E-state index contributed by atoms with van der Waals surface area (Å²) in [7, 11) is 1.75. The highest BCUT2D eigenvalue weighted by Gasteiger charge is 2.34. The number of aliphatic carboxylic acids is 1. The van der Waals surface area contributed by atoms with Gasteiger partial charge in [-0.2, -0.15) is 0 Å². The standard InChI is InChI=1S/C13H14BrNO3/c1-6-4-8-9(5-7(6)2)15(3)11(12(8)16)10(14)13(17)18/h4-5,12,16H,1-3H3,(H,17,18). The van der Waals surface area contributed by atoms with Crippen LogP contribution in [0.15, 0.2) is 22.3 Å². The van der Waals surface area contributed by atoms with E-state index in [0.29, 0.717) is 5.70 Å². The molecule has 1 aromatic rings. The summed E-state index contributed by atoms with van der Waals surface area (Å²) in [6, 6.07) is 3.87. The molecular formula is C13H14BrNO3. The number of carboxylic acid groups (broad SMARTS) is 1. The molecule has 2 N–H and O–H groups in total. The van der Waals surface area contributed by atoms with E-state index in [0.717, 1.165) is 22.4 Å². The first-order chi connectivity index (χ1) is 8.34. The van der Waals surface area contributed by atoms with Crippen LogP contribution in [0.2, 0.25) is 0 Å². The average molecular weight is 312 g/mol. The number of rotatable bonds is 1. The predicted molar refractivity (Wildman–Crippen MR) is 72.9 cm³/mol. The number of nitrogens with zero attached hydrogens (tertiary/aromatic N) is 1. The number of anilines is 1. The van der Waals surface area contributed by atoms with Crippen LogP contribution in [-0.4, -0.2) is 23.2 Å². The summed E-state index contributed by atoms with van der Waals surface area (Å²) in [5.74, 6) is -1.09. The van der Waals surface area contributed by atoms with Gasteiger partial charge in [-0.15, -0.1) is 0 Å². The summed E-state index contributed by atoms with van der Waals surface area (Å²) in [6.07, 6.45) is -0.908. The maximum Gasteiger partial charge on any atom is 0.344 e. The Labute approximate surface area is 114 Å². The van der Waals surface area contributed by atoms with Gasteiger partial charge in [-0.3, -0.25) is 0 Å². The average Bonchev–Trinajstić information content (AvgIpc) is 2.52. The fourth-order valence-corrected chi connectivity index (χ4v) is 2.65. The second-order valence-electron chi connectivity index (χ2n) is 4.46. The first-order valence-electron chi connectivity index (χ1n) is 5.50. The van der Waals surface area contributed by atoms with Crippen LogP contribution in [-0.2, 0) is 4.79 Å². The lowest BCUT2D eigenvalue weighted by Crippen LogP contribution is -2.17. The summed E-state index contributed by atoms with van der Waals surface area (Å²) in [5, 5.41) is 19.3. The van der Waals surface area contributed by atoms with Gasteiger partial charge in [0, 0.05) is 18.3 Å². The highest BCUT2D eigenvalue weighted by Crippen LogP contribution is 2.44. The molecule has 0 bridgehead atoms. The van der Waals surface area contributed by atoms with Crippen molar-refractivity contribution in [1.82, 2.24) is 0 Å². The second-order valence-corrected chi connectivity index (χ2v) is 5.25. The van der Waals surface area contributed by atoms with Crippen LogP contribution in [0.4, 0.5) is 5.69 Å². The zero-order valence-corrected chi connectivity index (χ0v) is 11.9. The topological polar surface area (TPSA) is 60.8 Å². The number of halogens is 1. The van der Waals surface area contributed by atoms with E-state index >= 15 is 0 Å². The van der Waals surface area contributed by atoms with Gasteiger partial charge in [0.25, 0.3) is 0 Å². The van der Waals surface area contributed by atoms with Crippen LogP contribution in [0.3, 0.4) is 0 Å². The van der Waals surface area contributed by atoms with Crippen LogP contribution >= 0.6 is 15.9 Å². The first kappa shape index (κ1) is 13.1. The van der Waals surface area contributed by atoms with E-state index in [-0.39, 0.29) is 4.48 Å². The Kier molecular flexibility index (Phi) is 3.21. The molecule has 0 aliphatic carbocycles. The van der Waals surface area contributed by atoms with Crippen LogP contribution in [0.1, 0.15) is 22.8 Å². The molecular weight excluding hydrogens is 298 g/mol. The molecule has 18 heavy (non-hydrogen) atoms. The number of carbonyl (C=O) groups is 1. The minimum Gasteiger partial charge on any atom is -0.477 e. The molecule has 0 aromatic heterocycles. The summed E-state index contributed by atoms with van der Waals surface area (Å²) in [5.41, 5.74) is 4.14. The van der Waals surface area contributed by atoms with Crippen molar-refractivity contribution in [3.63, 3.8) is 0 Å². The number of aliphatic hydroxyl groups is 1. The highest BCUT2D eigenvalue weighted by molar-refractivity contribution is 9.12. The van der Waals surface area contributed by atoms with Crippen LogP contribution in [0.25, 0.3) is 0 Å². The maximum atomic E-state index is 11.0. The number of aryl methyl sites for hydroxylation is 2. The number of likely N-dealkylation sites (N-methyl/N-ethyl adjacent to an activating group) is 1. The Bertz CT molecular complexity index is 529. The predicted octanol–water partition coefficient (Wildman–Crippen LogP) is 2.48. The molecule has 0 fully saturated rings. The van der Waals surface area contributed by atoms with E-state index in [4.69, 9.17) is 5.11 Å². The zero-order chi connectivity index (χ0) is 13.6. The summed E-state index contributed by atoms with van der Waals surface area (Å²) in [4.78, 5) is 12.7. The molecule has 0 saturated carbocycles. The third-order valence-electron chi connectivity index (χ3n) is 3.33. The molecule has 0 spiro atoms. The number of hydrogen-bond donors (Lipinski definition) is 2. The lowest BCUT2D eigenvalue weighted by atomic mass is 10.0. The quantitative estimate of drug-likeness (QED) is 0.782. The molecule has 96 valence electrons. The van der Waals surface area contributed by atoms with Gasteiger partial charge in [-0.25, -0.2) is 4.79 Å². The lowest BCUT2D eigenvalue weighted by Gasteiger charge is -2.17. The fourth-order valence-electron chi connectivity index (χ4n) is 2.17. The van der Waals surface area contributed by atoms with E-state index in [2.05, 4.69) is 15.9 Å². The van der Waals surface area contributed by atoms with Gasteiger partial charge in [0.2, 0.25) is 0 Å². The molecule has 1 aromatic carbocycles. The Morgan fingerprint density at radius 1 is 1.33 bits per heavy atom. The van der Waals surface area contributed by atoms with E-state index in [1.54, 1.807) is 11.9 Å². The Morgan fingerprint density at radius 2 is 1.89 bits per heavy atom. The van der Waals surface area contributed by atoms with Crippen LogP contribution in [0, 0.1) is 13.8 Å². The van der Waals surface area contributed by atoms with Gasteiger partial charge in [0.05, 0.1) is 5.70 Å². The lowest BCUT2D eigenvalue weighted by molar-refractivity contribution is -0.131. The number of benzene rings is 1. The van der Waals surface area contributed by atoms with Gasteiger partial charge in [-0.05, 0) is 47.0 Å². The minimum absolute atomic E-state index is 0.0102. The number of aliphatic hydroxyl groups excluding tert-OH is 1. The van der Waals surface area contributed by atoms with Crippen molar-refractivity contribution in [3.05, 3.63) is 39.0 Å². The van der Waals surface area contributed by atoms with Crippen molar-refractivity contribution in [2.75, 3.05) is 11.9 Å². The SMILES string of the molecule is Cc1cc2c(cc1C)N(C)C(=C(Br)C(=O)O)C2O. The molecule has 0 saturated heterocycles. The number of carboxylic acids is 1. The van der Waals surface area contributed by atoms with Crippen molar-refractivity contribution in [3.8, 4) is 0 Å². The zero-order valence-electron chi connectivity index (χ0n) is 10.4. The van der Waals surface area contributed by atoms with Gasteiger partial charge >= 0.3 is 5.97 Å². The Balaban J connectivity index is 2.64. The molecule has 1 heterocycles. The van der Waals surface area contributed by atoms with E-state index in [9.17, 15) is 9.90 Å². The van der Waals surface area contributed by atoms with Crippen molar-refractivity contribution >= 4 is 27.6 Å². The highest BCUT2D eigenvalue weighted by atomic mass is 79.9. The summed E-state index contributed by atoms with van der Waals surface area (Å²) in [6.45, 7) is 3.96. The first-order valence-corrected chi connectivity index (χ1v) is 6.29. The van der Waals surface area contributed by atoms with Crippen molar-refractivity contribution in [2.24, 2.45) is 0 Å². The molecule has 2 rings (SSSR count). The van der Waals surface area contributed by atoms with Gasteiger partial charge in [0.15, 0.2) is 0 Å². The van der Waals surface area contributed by atoms with E-state index in [1.165, 1.54) is 0 Å². The van der Waals surface area contributed by atoms with Gasteiger partial charge in [0.1, 0.15) is 10.6 Å². The molecule has 5 heteroatoms. The minimum atomic E-state index is -1.09. The molecule has 1 aliphatic heterocycles. The van der Waals surface area contributed by atoms with Crippen molar-refractivity contribution < 1.29 is 15.0 Å². The van der Waals surface area contributed by atoms with E-state index < -0.39 is 12.1 Å². The van der Waals surface area contributed by atoms with Crippen LogP contribution < -0.4 is 4.90 Å². The number of hydrogen-bond acceptors (Lipinski definition) is 3. The van der Waals surface area contributed by atoms with E-state index in [1.807, 2.05) is 26.0 Å². The largest absolute Gasteiger partial charge is 0.477 e. The summed E-state index contributed by atoms with van der Waals surface area (Å²) < 4.78 is -0.0102. The van der Waals surface area contributed by atoms with Crippen LogP contribution in [0.5, 0.6) is 0 Å². The second kappa shape index (κ2) is 4.40. The molecule has 1 atom stereocenters. The number of fused-ring (bicyclic) bond motifs is 1. The molecule has 1 unspecified atom stereocenters. The molecule has 4 nitrogen and oxygen atoms in total. The smallest absolute Gasteiger partial charge is 0.344 e. The van der Waals surface area contributed by atoms with Gasteiger partial charge < -0.3 is 15.1 Å². The summed E-state index contributed by atoms with van der Waals surface area (Å²) >= 11 is 3.02. The van der Waals surface area contributed by atoms with Gasteiger partial charge in [-0.1, -0.05) is 6.07 Å². The van der Waals surface area contributed by atoms with Crippen molar-refractivity contribution in [2.45, 2.75) is 20.0 Å². The third-order valence-corrected chi connectivity index (χ3v) is 4.08. The monoisotopic (exact) mass is 311 g/mol. The van der Waals surface area contributed by atoms with Crippen molar-refractivity contribution in [1.29, 1.82) is 0 Å². The Morgan fingerprint density at radius 3 is 2.44 bits per heavy atom. The maximum absolute atomic E-state index is 11.0. The normalized spacial score (nSPS) is 20.9. The third kappa shape index (κ3) is 1.83. The molecule has 0 radical (unpaired) electrons. The molecule has 0 amide bonds.